The SMILES string of the molecule is C#CCn1c(=NC(=O)CCCSc2ccc(F)cc2)sc2cc(S(N)(=O)=O)ccc21. The van der Waals surface area contributed by atoms with Gasteiger partial charge in [0.15, 0.2) is 4.80 Å². The maximum absolute atomic E-state index is 12.9. The van der Waals surface area contributed by atoms with Crippen LogP contribution in [0.3, 0.4) is 0 Å². The van der Waals surface area contributed by atoms with Gasteiger partial charge in [-0.2, -0.15) is 4.99 Å². The monoisotopic (exact) mass is 463 g/mol. The van der Waals surface area contributed by atoms with Crippen LogP contribution in [-0.4, -0.2) is 24.6 Å². The summed E-state index contributed by atoms with van der Waals surface area (Å²) in [5.74, 6) is 2.64. The van der Waals surface area contributed by atoms with Gasteiger partial charge in [-0.3, -0.25) is 4.79 Å². The first-order chi connectivity index (χ1) is 14.3. The molecule has 1 aromatic heterocycles. The molecule has 3 rings (SSSR count). The lowest BCUT2D eigenvalue weighted by atomic mass is 10.3. The van der Waals surface area contributed by atoms with Crippen molar-refractivity contribution in [3.05, 3.63) is 53.1 Å². The number of carbonyl (C=O) groups is 1. The van der Waals surface area contributed by atoms with E-state index in [4.69, 9.17) is 11.6 Å². The maximum Gasteiger partial charge on any atom is 0.248 e. The van der Waals surface area contributed by atoms with Crippen LogP contribution in [0.5, 0.6) is 0 Å². The van der Waals surface area contributed by atoms with Gasteiger partial charge >= 0.3 is 0 Å². The number of primary sulfonamides is 1. The fourth-order valence-electron chi connectivity index (χ4n) is 2.67. The van der Waals surface area contributed by atoms with E-state index in [1.54, 1.807) is 22.8 Å². The maximum atomic E-state index is 12.9. The number of thiazole rings is 1. The van der Waals surface area contributed by atoms with Gasteiger partial charge in [0.2, 0.25) is 15.9 Å². The highest BCUT2D eigenvalue weighted by Gasteiger charge is 2.13. The molecule has 10 heteroatoms. The predicted octanol–water partition coefficient (Wildman–Crippen LogP) is 3.12. The number of terminal acetylenes is 1. The van der Waals surface area contributed by atoms with Crippen LogP contribution in [0.2, 0.25) is 0 Å². The Morgan fingerprint density at radius 2 is 2.00 bits per heavy atom. The van der Waals surface area contributed by atoms with E-state index in [0.717, 1.165) is 4.90 Å². The van der Waals surface area contributed by atoms with E-state index in [1.807, 2.05) is 0 Å². The highest BCUT2D eigenvalue weighted by molar-refractivity contribution is 7.99. The molecule has 3 aromatic rings. The Balaban J connectivity index is 1.75. The Morgan fingerprint density at radius 3 is 2.67 bits per heavy atom. The van der Waals surface area contributed by atoms with Crippen LogP contribution >= 0.6 is 23.1 Å². The molecule has 1 heterocycles. The molecule has 0 atom stereocenters. The van der Waals surface area contributed by atoms with Crippen molar-refractivity contribution in [3.8, 4) is 12.3 Å². The van der Waals surface area contributed by atoms with Crippen molar-refractivity contribution in [2.45, 2.75) is 29.2 Å². The lowest BCUT2D eigenvalue weighted by molar-refractivity contribution is -0.118. The number of nitrogens with two attached hydrogens (primary N) is 1. The summed E-state index contributed by atoms with van der Waals surface area (Å²) in [4.78, 5) is 17.8. The van der Waals surface area contributed by atoms with Gasteiger partial charge in [0.1, 0.15) is 5.82 Å². The second kappa shape index (κ2) is 9.57. The van der Waals surface area contributed by atoms with Crippen LogP contribution in [0.1, 0.15) is 12.8 Å². The van der Waals surface area contributed by atoms with Gasteiger partial charge < -0.3 is 4.57 Å². The van der Waals surface area contributed by atoms with Gasteiger partial charge in [-0.1, -0.05) is 17.3 Å². The summed E-state index contributed by atoms with van der Waals surface area (Å²) in [5, 5.41) is 5.19. The molecule has 0 saturated carbocycles. The summed E-state index contributed by atoms with van der Waals surface area (Å²) in [6.45, 7) is 0.196. The normalized spacial score (nSPS) is 12.2. The van der Waals surface area contributed by atoms with E-state index in [-0.39, 0.29) is 29.6 Å². The van der Waals surface area contributed by atoms with Crippen LogP contribution < -0.4 is 9.94 Å². The molecular weight excluding hydrogens is 445 g/mol. The van der Waals surface area contributed by atoms with Crippen molar-refractivity contribution in [1.82, 2.24) is 4.57 Å². The number of hydrogen-bond donors (Lipinski definition) is 1. The first-order valence-corrected chi connectivity index (χ1v) is 12.2. The third-order valence-electron chi connectivity index (χ3n) is 4.07. The molecule has 30 heavy (non-hydrogen) atoms. The molecule has 0 bridgehead atoms. The second-order valence-electron chi connectivity index (χ2n) is 6.26. The first kappa shape index (κ1) is 22.2. The van der Waals surface area contributed by atoms with Gasteiger partial charge in [0, 0.05) is 11.3 Å². The molecule has 1 amide bonds. The quantitative estimate of drug-likeness (QED) is 0.331. The van der Waals surface area contributed by atoms with E-state index in [0.29, 0.717) is 27.2 Å². The van der Waals surface area contributed by atoms with Gasteiger partial charge in [-0.15, -0.1) is 18.2 Å². The predicted molar refractivity (Wildman–Crippen MR) is 117 cm³/mol. The van der Waals surface area contributed by atoms with Gasteiger partial charge in [0.25, 0.3) is 0 Å². The third-order valence-corrected chi connectivity index (χ3v) is 7.12. The molecule has 0 aliphatic rings. The molecule has 6 nitrogen and oxygen atoms in total. The van der Waals surface area contributed by atoms with Crippen molar-refractivity contribution < 1.29 is 17.6 Å². The summed E-state index contributed by atoms with van der Waals surface area (Å²) in [6.07, 6.45) is 6.30. The van der Waals surface area contributed by atoms with Gasteiger partial charge in [-0.05, 0) is 54.6 Å². The Kier molecular flexibility index (Phi) is 7.10. The van der Waals surface area contributed by atoms with Crippen LogP contribution in [0, 0.1) is 18.2 Å². The zero-order valence-corrected chi connectivity index (χ0v) is 18.2. The number of amides is 1. The molecule has 0 saturated heterocycles. The Bertz CT molecular complexity index is 1290. The van der Waals surface area contributed by atoms with Crippen molar-refractivity contribution >= 4 is 49.2 Å². The summed E-state index contributed by atoms with van der Waals surface area (Å²) >= 11 is 2.72. The standard InChI is InChI=1S/C20H18FN3O3S3/c1-2-11-24-17-10-9-16(30(22,26)27)13-18(17)29-20(24)23-19(25)4-3-12-28-15-7-5-14(21)6-8-15/h1,5-10,13H,3-4,11-12H2,(H2,22,26,27). The Labute approximate surface area is 181 Å². The van der Waals surface area contributed by atoms with E-state index in [1.165, 1.54) is 47.4 Å². The summed E-state index contributed by atoms with van der Waals surface area (Å²) < 4.78 is 38.4. The molecule has 2 N–H and O–H groups in total. The van der Waals surface area contributed by atoms with Crippen LogP contribution in [-0.2, 0) is 21.4 Å². The topological polar surface area (TPSA) is 94.5 Å². The number of hydrogen-bond acceptors (Lipinski definition) is 5. The van der Waals surface area contributed by atoms with Crippen molar-refractivity contribution in [1.29, 1.82) is 0 Å². The summed E-state index contributed by atoms with van der Waals surface area (Å²) in [7, 11) is -3.84. The molecule has 156 valence electrons. The third kappa shape index (κ3) is 5.58. The molecule has 0 aliphatic carbocycles. The molecule has 2 aromatic carbocycles. The van der Waals surface area contributed by atoms with Crippen LogP contribution in [0.25, 0.3) is 10.2 Å². The number of sulfonamides is 1. The Morgan fingerprint density at radius 1 is 1.27 bits per heavy atom. The molecular formula is C20H18FN3O3S3. The van der Waals surface area contributed by atoms with Crippen molar-refractivity contribution in [3.63, 3.8) is 0 Å². The lowest BCUT2D eigenvalue weighted by Gasteiger charge is -2.02. The Hall–Kier alpha value is -2.45. The number of nitrogens with zero attached hydrogens (tertiary/aromatic N) is 2. The number of fused-ring (bicyclic) bond motifs is 1. The molecule has 0 unspecified atom stereocenters. The summed E-state index contributed by atoms with van der Waals surface area (Å²) in [5.41, 5.74) is 0.684. The van der Waals surface area contributed by atoms with Gasteiger partial charge in [0.05, 0.1) is 21.7 Å². The smallest absolute Gasteiger partial charge is 0.248 e. The van der Waals surface area contributed by atoms with E-state index in [2.05, 4.69) is 10.9 Å². The number of rotatable bonds is 7. The van der Waals surface area contributed by atoms with E-state index in [9.17, 15) is 17.6 Å². The average molecular weight is 464 g/mol. The molecule has 0 spiro atoms. The van der Waals surface area contributed by atoms with E-state index < -0.39 is 10.0 Å². The highest BCUT2D eigenvalue weighted by atomic mass is 32.2. The zero-order chi connectivity index (χ0) is 21.7. The van der Waals surface area contributed by atoms with Crippen LogP contribution in [0.4, 0.5) is 4.39 Å². The summed E-state index contributed by atoms with van der Waals surface area (Å²) in [6, 6.07) is 10.6. The number of carbonyl (C=O) groups excluding carboxylic acids is 1. The number of halogens is 1. The second-order valence-corrected chi connectivity index (χ2v) is 10.00. The number of aromatic nitrogens is 1. The molecule has 0 radical (unpaired) electrons. The highest BCUT2D eigenvalue weighted by Crippen LogP contribution is 2.22. The fourth-order valence-corrected chi connectivity index (χ4v) is 5.22. The first-order valence-electron chi connectivity index (χ1n) is 8.83. The van der Waals surface area contributed by atoms with E-state index >= 15 is 0 Å². The lowest BCUT2D eigenvalue weighted by Crippen LogP contribution is -2.16. The largest absolute Gasteiger partial charge is 0.305 e. The molecule has 0 fully saturated rings. The minimum absolute atomic E-state index is 0.0141. The molecule has 0 aliphatic heterocycles. The minimum atomic E-state index is -3.84. The van der Waals surface area contributed by atoms with Crippen molar-refractivity contribution in [2.75, 3.05) is 5.75 Å². The van der Waals surface area contributed by atoms with Crippen molar-refractivity contribution in [2.24, 2.45) is 10.1 Å². The zero-order valence-electron chi connectivity index (χ0n) is 15.7. The van der Waals surface area contributed by atoms with Crippen LogP contribution in [0.15, 0.2) is 57.2 Å². The number of benzene rings is 2. The fraction of sp³-hybridized carbons (Fsp3) is 0.200. The minimum Gasteiger partial charge on any atom is -0.305 e. The average Bonchev–Trinajstić information content (AvgIpc) is 3.02. The number of thioether (sulfide) groups is 1. The van der Waals surface area contributed by atoms with Gasteiger partial charge in [-0.25, -0.2) is 17.9 Å².